The molecule has 0 radical (unpaired) electrons. The maximum Gasteiger partial charge on any atom is 0.0515 e. The highest BCUT2D eigenvalue weighted by molar-refractivity contribution is 5.86. The van der Waals surface area contributed by atoms with E-state index >= 15 is 0 Å². The van der Waals surface area contributed by atoms with Gasteiger partial charge in [0, 0.05) is 17.6 Å². The third-order valence-electron chi connectivity index (χ3n) is 4.30. The van der Waals surface area contributed by atoms with Gasteiger partial charge >= 0.3 is 0 Å². The lowest BCUT2D eigenvalue weighted by molar-refractivity contribution is 0.621. The van der Waals surface area contributed by atoms with Crippen LogP contribution in [0.4, 0.5) is 0 Å². The van der Waals surface area contributed by atoms with E-state index in [1.165, 1.54) is 47.1 Å². The summed E-state index contributed by atoms with van der Waals surface area (Å²) in [5.74, 6) is 0.571. The van der Waals surface area contributed by atoms with Crippen LogP contribution in [-0.4, -0.2) is 11.1 Å². The predicted octanol–water partition coefficient (Wildman–Crippen LogP) is 3.35. The third kappa shape index (κ3) is 1.76. The molecule has 0 saturated heterocycles. The molecule has 2 N–H and O–H groups in total. The van der Waals surface area contributed by atoms with Crippen molar-refractivity contribution in [2.24, 2.45) is 5.73 Å². The molecule has 0 aliphatic carbocycles. The number of nitrogens with two attached hydrogens (primary N) is 1. The van der Waals surface area contributed by atoms with Gasteiger partial charge in [0.05, 0.1) is 5.52 Å². The van der Waals surface area contributed by atoms with E-state index in [1.54, 1.807) is 0 Å². The lowest BCUT2D eigenvalue weighted by Crippen LogP contribution is -2.10. The highest BCUT2D eigenvalue weighted by Gasteiger charge is 2.17. The minimum absolute atomic E-state index is 0.571. The van der Waals surface area contributed by atoms with Crippen molar-refractivity contribution in [1.29, 1.82) is 0 Å². The summed E-state index contributed by atoms with van der Waals surface area (Å²) in [4.78, 5) is 0. The van der Waals surface area contributed by atoms with Crippen LogP contribution in [-0.2, 0) is 13.0 Å². The van der Waals surface area contributed by atoms with Gasteiger partial charge in [-0.05, 0) is 61.9 Å². The fourth-order valence-electron chi connectivity index (χ4n) is 3.27. The first-order valence-corrected chi connectivity index (χ1v) is 7.03. The van der Waals surface area contributed by atoms with Gasteiger partial charge in [-0.2, -0.15) is 0 Å². The molecule has 3 rings (SSSR count). The first-order chi connectivity index (χ1) is 8.70. The standard InChI is InChI=1S/C16H22N2/c1-11(5-6-17)14-9-13-4-3-7-18-12(2)8-15(10-14)16(13)18/h8-11H,3-7,17H2,1-2H3. The highest BCUT2D eigenvalue weighted by Crippen LogP contribution is 2.32. The number of nitrogens with zero attached hydrogens (tertiary/aromatic N) is 1. The van der Waals surface area contributed by atoms with Crippen LogP contribution in [0.1, 0.15) is 42.5 Å². The van der Waals surface area contributed by atoms with E-state index in [0.717, 1.165) is 13.0 Å². The Labute approximate surface area is 109 Å². The van der Waals surface area contributed by atoms with Crippen molar-refractivity contribution in [1.82, 2.24) is 4.57 Å². The molecule has 1 aliphatic heterocycles. The van der Waals surface area contributed by atoms with Gasteiger partial charge in [-0.15, -0.1) is 0 Å². The average Bonchev–Trinajstić information content (AvgIpc) is 2.68. The predicted molar refractivity (Wildman–Crippen MR) is 77.1 cm³/mol. The molecule has 0 fully saturated rings. The van der Waals surface area contributed by atoms with E-state index in [2.05, 4.69) is 36.6 Å². The Morgan fingerprint density at radius 1 is 1.33 bits per heavy atom. The van der Waals surface area contributed by atoms with Crippen molar-refractivity contribution in [3.8, 4) is 0 Å². The molecule has 0 saturated carbocycles. The van der Waals surface area contributed by atoms with Gasteiger partial charge in [0.1, 0.15) is 0 Å². The summed E-state index contributed by atoms with van der Waals surface area (Å²) in [6.45, 7) is 6.46. The van der Waals surface area contributed by atoms with E-state index < -0.39 is 0 Å². The molecular weight excluding hydrogens is 220 g/mol. The lowest BCUT2D eigenvalue weighted by Gasteiger charge is -2.19. The first-order valence-electron chi connectivity index (χ1n) is 7.03. The van der Waals surface area contributed by atoms with E-state index in [9.17, 15) is 0 Å². The normalized spacial score (nSPS) is 16.2. The van der Waals surface area contributed by atoms with Crippen LogP contribution in [0, 0.1) is 6.92 Å². The molecule has 1 atom stereocenters. The summed E-state index contributed by atoms with van der Waals surface area (Å²) in [6, 6.07) is 7.12. The molecule has 2 heteroatoms. The second-order valence-electron chi connectivity index (χ2n) is 5.64. The van der Waals surface area contributed by atoms with Gasteiger partial charge < -0.3 is 10.3 Å². The summed E-state index contributed by atoms with van der Waals surface area (Å²) < 4.78 is 2.48. The Balaban J connectivity index is 2.16. The van der Waals surface area contributed by atoms with Gasteiger partial charge in [-0.25, -0.2) is 0 Å². The molecule has 1 unspecified atom stereocenters. The zero-order chi connectivity index (χ0) is 12.7. The van der Waals surface area contributed by atoms with Crippen LogP contribution in [0.15, 0.2) is 18.2 Å². The fourth-order valence-corrected chi connectivity index (χ4v) is 3.27. The van der Waals surface area contributed by atoms with Crippen LogP contribution in [0.5, 0.6) is 0 Å². The smallest absolute Gasteiger partial charge is 0.0515 e. The number of benzene rings is 1. The topological polar surface area (TPSA) is 30.9 Å². The van der Waals surface area contributed by atoms with Crippen LogP contribution < -0.4 is 5.73 Å². The Morgan fingerprint density at radius 2 is 2.17 bits per heavy atom. The minimum atomic E-state index is 0.571. The molecule has 0 amide bonds. The van der Waals surface area contributed by atoms with Crippen LogP contribution in [0.3, 0.4) is 0 Å². The van der Waals surface area contributed by atoms with E-state index in [0.29, 0.717) is 5.92 Å². The number of aryl methyl sites for hydroxylation is 3. The van der Waals surface area contributed by atoms with E-state index in [1.807, 2.05) is 0 Å². The molecule has 1 aromatic carbocycles. The van der Waals surface area contributed by atoms with Crippen molar-refractivity contribution in [3.05, 3.63) is 35.0 Å². The maximum absolute atomic E-state index is 5.69. The molecule has 18 heavy (non-hydrogen) atoms. The Kier molecular flexibility index (Phi) is 2.90. The van der Waals surface area contributed by atoms with Crippen molar-refractivity contribution in [3.63, 3.8) is 0 Å². The number of rotatable bonds is 3. The average molecular weight is 242 g/mol. The van der Waals surface area contributed by atoms with Gasteiger partial charge in [0.25, 0.3) is 0 Å². The molecule has 2 nitrogen and oxygen atoms in total. The van der Waals surface area contributed by atoms with Gasteiger partial charge in [0.2, 0.25) is 0 Å². The summed E-state index contributed by atoms with van der Waals surface area (Å²) in [5.41, 5.74) is 11.6. The molecule has 0 bridgehead atoms. The molecule has 96 valence electrons. The Bertz CT molecular complexity index is 580. The molecule has 2 aromatic rings. The zero-order valence-corrected chi connectivity index (χ0v) is 11.4. The molecular formula is C16H22N2. The summed E-state index contributed by atoms with van der Waals surface area (Å²) >= 11 is 0. The van der Waals surface area contributed by atoms with Crippen molar-refractivity contribution in [2.45, 2.75) is 45.6 Å². The highest BCUT2D eigenvalue weighted by atomic mass is 15.0. The van der Waals surface area contributed by atoms with Crippen molar-refractivity contribution in [2.75, 3.05) is 6.54 Å². The molecule has 0 spiro atoms. The maximum atomic E-state index is 5.69. The molecule has 1 aliphatic rings. The lowest BCUT2D eigenvalue weighted by atomic mass is 9.92. The fraction of sp³-hybridized carbons (Fsp3) is 0.500. The van der Waals surface area contributed by atoms with E-state index in [4.69, 9.17) is 5.73 Å². The largest absolute Gasteiger partial charge is 0.345 e. The summed E-state index contributed by atoms with van der Waals surface area (Å²) in [6.07, 6.45) is 3.57. The van der Waals surface area contributed by atoms with Gasteiger partial charge in [0.15, 0.2) is 0 Å². The second kappa shape index (κ2) is 4.43. The summed E-state index contributed by atoms with van der Waals surface area (Å²) in [5, 5.41) is 1.42. The quantitative estimate of drug-likeness (QED) is 0.879. The SMILES string of the molecule is Cc1cc2cc(C(C)CCN)cc3c2n1CCC3. The second-order valence-corrected chi connectivity index (χ2v) is 5.64. The number of aromatic nitrogens is 1. The first kappa shape index (κ1) is 11.8. The Hall–Kier alpha value is -1.28. The van der Waals surface area contributed by atoms with Crippen molar-refractivity contribution >= 4 is 10.9 Å². The molecule has 2 heterocycles. The number of hydrogen-bond donors (Lipinski definition) is 1. The van der Waals surface area contributed by atoms with Gasteiger partial charge in [-0.3, -0.25) is 0 Å². The van der Waals surface area contributed by atoms with Crippen LogP contribution in [0.2, 0.25) is 0 Å². The minimum Gasteiger partial charge on any atom is -0.345 e. The third-order valence-corrected chi connectivity index (χ3v) is 4.30. The van der Waals surface area contributed by atoms with Crippen LogP contribution in [0.25, 0.3) is 10.9 Å². The van der Waals surface area contributed by atoms with Gasteiger partial charge in [-0.1, -0.05) is 13.0 Å². The van der Waals surface area contributed by atoms with Crippen molar-refractivity contribution < 1.29 is 0 Å². The monoisotopic (exact) mass is 242 g/mol. The number of hydrogen-bond acceptors (Lipinski definition) is 1. The molecule has 1 aromatic heterocycles. The zero-order valence-electron chi connectivity index (χ0n) is 11.4. The Morgan fingerprint density at radius 3 is 2.94 bits per heavy atom. The van der Waals surface area contributed by atoms with Crippen LogP contribution >= 0.6 is 0 Å². The van der Waals surface area contributed by atoms with E-state index in [-0.39, 0.29) is 0 Å². The summed E-state index contributed by atoms with van der Waals surface area (Å²) in [7, 11) is 0.